The van der Waals surface area contributed by atoms with Crippen LogP contribution in [0.3, 0.4) is 0 Å². The van der Waals surface area contributed by atoms with E-state index in [2.05, 4.69) is 18.7 Å². The number of nitrogens with zero attached hydrogens (tertiary/aromatic N) is 1. The van der Waals surface area contributed by atoms with Crippen molar-refractivity contribution >= 4 is 0 Å². The zero-order valence-corrected chi connectivity index (χ0v) is 12.3. The molecule has 0 radical (unpaired) electrons. The molecular weight excluding hydrogens is 258 g/mol. The van der Waals surface area contributed by atoms with Crippen molar-refractivity contribution in [2.75, 3.05) is 13.1 Å². The number of rotatable bonds is 3. The van der Waals surface area contributed by atoms with Crippen molar-refractivity contribution in [2.24, 2.45) is 5.73 Å². The van der Waals surface area contributed by atoms with Gasteiger partial charge in [-0.3, -0.25) is 4.90 Å². The van der Waals surface area contributed by atoms with Gasteiger partial charge >= 0.3 is 0 Å². The topological polar surface area (TPSA) is 29.3 Å². The molecule has 2 nitrogen and oxygen atoms in total. The first-order chi connectivity index (χ1) is 9.41. The summed E-state index contributed by atoms with van der Waals surface area (Å²) in [5.41, 5.74) is 6.53. The maximum Gasteiger partial charge on any atom is 0.126 e. The van der Waals surface area contributed by atoms with Crippen LogP contribution in [0.15, 0.2) is 18.2 Å². The fraction of sp³-hybridized carbons (Fsp3) is 0.625. The molecule has 1 aliphatic heterocycles. The number of hydrogen-bond donors (Lipinski definition) is 1. The maximum absolute atomic E-state index is 13.4. The minimum Gasteiger partial charge on any atom is -0.322 e. The molecule has 1 aliphatic rings. The minimum atomic E-state index is -0.567. The van der Waals surface area contributed by atoms with E-state index in [-0.39, 0.29) is 5.54 Å². The Balaban J connectivity index is 2.22. The summed E-state index contributed by atoms with van der Waals surface area (Å²) in [6.45, 7) is 6.12. The highest BCUT2D eigenvalue weighted by Gasteiger charge is 2.34. The Bertz CT molecular complexity index is 432. The molecule has 0 bridgehead atoms. The molecule has 112 valence electrons. The molecule has 20 heavy (non-hydrogen) atoms. The van der Waals surface area contributed by atoms with Gasteiger partial charge in [-0.25, -0.2) is 8.78 Å². The fourth-order valence-corrected chi connectivity index (χ4v) is 3.01. The zero-order valence-electron chi connectivity index (χ0n) is 12.3. The van der Waals surface area contributed by atoms with Crippen molar-refractivity contribution in [3.63, 3.8) is 0 Å². The highest BCUT2D eigenvalue weighted by atomic mass is 19.1. The van der Waals surface area contributed by atoms with Crippen LogP contribution in [-0.2, 0) is 0 Å². The molecule has 1 saturated heterocycles. The van der Waals surface area contributed by atoms with Crippen molar-refractivity contribution in [3.05, 3.63) is 35.4 Å². The summed E-state index contributed by atoms with van der Waals surface area (Å²) in [5, 5.41) is 0. The lowest BCUT2D eigenvalue weighted by Crippen LogP contribution is -2.51. The van der Waals surface area contributed by atoms with Gasteiger partial charge in [0.1, 0.15) is 11.6 Å². The zero-order chi connectivity index (χ0) is 14.8. The summed E-state index contributed by atoms with van der Waals surface area (Å²) in [5.74, 6) is -1.13. The fourth-order valence-electron chi connectivity index (χ4n) is 3.01. The Morgan fingerprint density at radius 2 is 1.50 bits per heavy atom. The largest absolute Gasteiger partial charge is 0.322 e. The molecule has 0 aliphatic carbocycles. The van der Waals surface area contributed by atoms with E-state index >= 15 is 0 Å². The first kappa shape index (κ1) is 15.4. The standard InChI is InChI=1S/C16H24F2N2/c1-16(2,20-7-5-3-4-6-8-20)15(19)12-9-13(17)11-14(18)10-12/h9-11,15H,3-8,19H2,1-2H3. The smallest absolute Gasteiger partial charge is 0.126 e. The normalized spacial score (nSPS) is 19.6. The highest BCUT2D eigenvalue weighted by Crippen LogP contribution is 2.31. The molecule has 1 unspecified atom stereocenters. The summed E-state index contributed by atoms with van der Waals surface area (Å²) in [6.07, 6.45) is 4.81. The molecule has 1 aromatic rings. The summed E-state index contributed by atoms with van der Waals surface area (Å²) in [4.78, 5) is 2.35. The number of hydrogen-bond acceptors (Lipinski definition) is 2. The molecular formula is C16H24F2N2. The molecule has 0 amide bonds. The Kier molecular flexibility index (Phi) is 4.76. The quantitative estimate of drug-likeness (QED) is 0.917. The molecule has 1 fully saturated rings. The Morgan fingerprint density at radius 1 is 1.00 bits per heavy atom. The number of halogens is 2. The van der Waals surface area contributed by atoms with Crippen LogP contribution in [0, 0.1) is 11.6 Å². The van der Waals surface area contributed by atoms with Crippen LogP contribution >= 0.6 is 0 Å². The molecule has 1 heterocycles. The van der Waals surface area contributed by atoms with Crippen LogP contribution in [0.2, 0.25) is 0 Å². The van der Waals surface area contributed by atoms with Crippen LogP contribution in [0.1, 0.15) is 51.1 Å². The van der Waals surface area contributed by atoms with E-state index in [0.29, 0.717) is 5.56 Å². The monoisotopic (exact) mass is 282 g/mol. The third-order valence-electron chi connectivity index (χ3n) is 4.43. The average molecular weight is 282 g/mol. The molecule has 1 aromatic carbocycles. The van der Waals surface area contributed by atoms with Gasteiger partial charge in [-0.05, 0) is 57.5 Å². The molecule has 0 spiro atoms. The van der Waals surface area contributed by atoms with Gasteiger partial charge in [-0.2, -0.15) is 0 Å². The van der Waals surface area contributed by atoms with Gasteiger partial charge in [-0.1, -0.05) is 12.8 Å². The third-order valence-corrected chi connectivity index (χ3v) is 4.43. The van der Waals surface area contributed by atoms with Crippen LogP contribution < -0.4 is 5.73 Å². The lowest BCUT2D eigenvalue weighted by molar-refractivity contribution is 0.0978. The molecule has 2 N–H and O–H groups in total. The first-order valence-corrected chi connectivity index (χ1v) is 7.38. The van der Waals surface area contributed by atoms with E-state index in [1.54, 1.807) is 0 Å². The summed E-state index contributed by atoms with van der Waals surface area (Å²) >= 11 is 0. The van der Waals surface area contributed by atoms with Crippen LogP contribution in [0.4, 0.5) is 8.78 Å². The van der Waals surface area contributed by atoms with Crippen molar-refractivity contribution < 1.29 is 8.78 Å². The SMILES string of the molecule is CC(C)(C(N)c1cc(F)cc(F)c1)N1CCCCCC1. The van der Waals surface area contributed by atoms with E-state index in [4.69, 9.17) is 5.73 Å². The molecule has 0 saturated carbocycles. The van der Waals surface area contributed by atoms with Crippen molar-refractivity contribution in [1.29, 1.82) is 0 Å². The molecule has 1 atom stereocenters. The second kappa shape index (κ2) is 6.19. The summed E-state index contributed by atoms with van der Waals surface area (Å²) in [6, 6.07) is 3.15. The average Bonchev–Trinajstić information content (AvgIpc) is 2.65. The van der Waals surface area contributed by atoms with Crippen molar-refractivity contribution in [3.8, 4) is 0 Å². The molecule has 2 rings (SSSR count). The minimum absolute atomic E-state index is 0.315. The Labute approximate surface area is 120 Å². The van der Waals surface area contributed by atoms with E-state index < -0.39 is 17.7 Å². The predicted molar refractivity (Wildman–Crippen MR) is 77.4 cm³/mol. The molecule has 4 heteroatoms. The summed E-state index contributed by atoms with van der Waals surface area (Å²) < 4.78 is 26.7. The first-order valence-electron chi connectivity index (χ1n) is 7.38. The number of nitrogens with two attached hydrogens (primary N) is 1. The summed E-state index contributed by atoms with van der Waals surface area (Å²) in [7, 11) is 0. The van der Waals surface area contributed by atoms with Gasteiger partial charge in [-0.15, -0.1) is 0 Å². The van der Waals surface area contributed by atoms with Gasteiger partial charge < -0.3 is 5.73 Å². The highest BCUT2D eigenvalue weighted by molar-refractivity contribution is 5.24. The van der Waals surface area contributed by atoms with Gasteiger partial charge in [0.25, 0.3) is 0 Å². The van der Waals surface area contributed by atoms with Gasteiger partial charge in [0.05, 0.1) is 0 Å². The van der Waals surface area contributed by atoms with E-state index in [9.17, 15) is 8.78 Å². The van der Waals surface area contributed by atoms with E-state index in [1.165, 1.54) is 25.0 Å². The van der Waals surface area contributed by atoms with E-state index in [1.807, 2.05) is 0 Å². The molecule has 0 aromatic heterocycles. The lowest BCUT2D eigenvalue weighted by atomic mass is 9.87. The second-order valence-electron chi connectivity index (χ2n) is 6.24. The number of benzene rings is 1. The predicted octanol–water partition coefficient (Wildman–Crippen LogP) is 3.62. The Hall–Kier alpha value is -1.00. The van der Waals surface area contributed by atoms with E-state index in [0.717, 1.165) is 32.0 Å². The second-order valence-corrected chi connectivity index (χ2v) is 6.24. The van der Waals surface area contributed by atoms with Gasteiger partial charge in [0.15, 0.2) is 0 Å². The number of likely N-dealkylation sites (tertiary alicyclic amines) is 1. The van der Waals surface area contributed by atoms with Crippen LogP contribution in [0.25, 0.3) is 0 Å². The van der Waals surface area contributed by atoms with Crippen LogP contribution in [-0.4, -0.2) is 23.5 Å². The van der Waals surface area contributed by atoms with Crippen LogP contribution in [0.5, 0.6) is 0 Å². The third kappa shape index (κ3) is 3.36. The van der Waals surface area contributed by atoms with Gasteiger partial charge in [0.2, 0.25) is 0 Å². The maximum atomic E-state index is 13.4. The van der Waals surface area contributed by atoms with Crippen molar-refractivity contribution in [1.82, 2.24) is 4.90 Å². The van der Waals surface area contributed by atoms with Crippen molar-refractivity contribution in [2.45, 2.75) is 51.1 Å². The lowest BCUT2D eigenvalue weighted by Gasteiger charge is -2.42. The Morgan fingerprint density at radius 3 is 2.00 bits per heavy atom. The van der Waals surface area contributed by atoms with Gasteiger partial charge in [0, 0.05) is 17.6 Å².